The average molecular weight is 651 g/mol. The van der Waals surface area contributed by atoms with Gasteiger partial charge >= 0.3 is 0 Å². The summed E-state index contributed by atoms with van der Waals surface area (Å²) in [6.45, 7) is 3.62. The van der Waals surface area contributed by atoms with Crippen molar-refractivity contribution in [3.63, 3.8) is 0 Å². The summed E-state index contributed by atoms with van der Waals surface area (Å²) in [5.41, 5.74) is 1.72. The highest BCUT2D eigenvalue weighted by Crippen LogP contribution is 2.23. The molecule has 0 aromatic heterocycles. The number of sulfonamides is 1. The van der Waals surface area contributed by atoms with Crippen LogP contribution >= 0.6 is 15.9 Å². The lowest BCUT2D eigenvalue weighted by atomic mass is 10.0. The number of likely N-dealkylation sites (N-methyl/N-ethyl adjacent to an activating group) is 1. The van der Waals surface area contributed by atoms with Gasteiger partial charge in [0.25, 0.3) is 0 Å². The molecule has 0 fully saturated rings. The van der Waals surface area contributed by atoms with Crippen molar-refractivity contribution in [1.29, 1.82) is 0 Å². The fourth-order valence-corrected chi connectivity index (χ4v) is 6.08. The second-order valence-corrected chi connectivity index (χ2v) is 13.4. The van der Waals surface area contributed by atoms with Crippen molar-refractivity contribution in [3.05, 3.63) is 113 Å². The minimum Gasteiger partial charge on any atom is -0.352 e. The molecule has 7 nitrogen and oxygen atoms in total. The number of nitrogens with one attached hydrogen (secondary N) is 1. The van der Waals surface area contributed by atoms with Crippen molar-refractivity contribution in [2.75, 3.05) is 13.6 Å². The third-order valence-corrected chi connectivity index (χ3v) is 9.65. The molecule has 0 unspecified atom stereocenters. The first-order valence-corrected chi connectivity index (χ1v) is 16.1. The molecule has 42 heavy (non-hydrogen) atoms. The minimum atomic E-state index is -3.99. The van der Waals surface area contributed by atoms with Crippen LogP contribution in [0.4, 0.5) is 0 Å². The Bertz CT molecular complexity index is 1630. The number of amides is 2. The summed E-state index contributed by atoms with van der Waals surface area (Å²) in [6.07, 6.45) is 1.02. The van der Waals surface area contributed by atoms with Crippen LogP contribution in [0.2, 0.25) is 0 Å². The van der Waals surface area contributed by atoms with E-state index in [4.69, 9.17) is 0 Å². The summed E-state index contributed by atoms with van der Waals surface area (Å²) in [6, 6.07) is 28.5. The standard InChI is InChI=1S/C33H36BrN3O4S/c1-4-24(2)35-33(39)31(20-25-10-6-5-7-11-25)37(22-26-14-17-29(34)18-15-26)32(38)23-36(3)42(40,41)30-19-16-27-12-8-9-13-28(27)21-30/h5-19,21,24,31H,4,20,22-23H2,1-3H3,(H,35,39)/t24-,31-/m0/s1. The molecule has 4 aromatic carbocycles. The molecule has 0 aliphatic rings. The third-order valence-electron chi connectivity index (χ3n) is 7.33. The van der Waals surface area contributed by atoms with Crippen molar-refractivity contribution < 1.29 is 18.0 Å². The number of halogens is 1. The molecule has 0 spiro atoms. The summed E-state index contributed by atoms with van der Waals surface area (Å²) in [5, 5.41) is 4.75. The van der Waals surface area contributed by atoms with E-state index in [1.807, 2.05) is 92.7 Å². The molecule has 0 saturated heterocycles. The summed E-state index contributed by atoms with van der Waals surface area (Å²) in [4.78, 5) is 29.3. The fraction of sp³-hybridized carbons (Fsp3) is 0.273. The molecule has 0 aliphatic heterocycles. The van der Waals surface area contributed by atoms with Gasteiger partial charge in [-0.05, 0) is 59.5 Å². The first-order chi connectivity index (χ1) is 20.1. The van der Waals surface area contributed by atoms with Crippen LogP contribution < -0.4 is 5.32 Å². The number of rotatable bonds is 12. The van der Waals surface area contributed by atoms with Gasteiger partial charge in [0.05, 0.1) is 11.4 Å². The third kappa shape index (κ3) is 7.85. The quantitative estimate of drug-likeness (QED) is 0.211. The number of hydrogen-bond donors (Lipinski definition) is 1. The van der Waals surface area contributed by atoms with Gasteiger partial charge in [0.2, 0.25) is 21.8 Å². The predicted octanol–water partition coefficient (Wildman–Crippen LogP) is 5.78. The fourth-order valence-electron chi connectivity index (χ4n) is 4.66. The summed E-state index contributed by atoms with van der Waals surface area (Å²) in [7, 11) is -2.59. The van der Waals surface area contributed by atoms with Crippen LogP contribution in [0.25, 0.3) is 10.8 Å². The zero-order valence-electron chi connectivity index (χ0n) is 24.0. The van der Waals surface area contributed by atoms with Gasteiger partial charge in [0, 0.05) is 30.5 Å². The molecule has 2 atom stereocenters. The zero-order chi connectivity index (χ0) is 30.3. The molecule has 4 rings (SSSR count). The topological polar surface area (TPSA) is 86.8 Å². The molecule has 0 heterocycles. The van der Waals surface area contributed by atoms with Crippen LogP contribution in [0.15, 0.2) is 106 Å². The summed E-state index contributed by atoms with van der Waals surface area (Å²) in [5.74, 6) is -0.747. The van der Waals surface area contributed by atoms with Gasteiger partial charge in [0.15, 0.2) is 0 Å². The first kappa shape index (κ1) is 31.4. The molecule has 2 amide bonds. The normalized spacial score (nSPS) is 13.1. The van der Waals surface area contributed by atoms with E-state index in [1.165, 1.54) is 11.9 Å². The van der Waals surface area contributed by atoms with Gasteiger partial charge in [-0.2, -0.15) is 4.31 Å². The minimum absolute atomic E-state index is 0.0867. The van der Waals surface area contributed by atoms with E-state index in [1.54, 1.807) is 18.2 Å². The van der Waals surface area contributed by atoms with E-state index in [2.05, 4.69) is 21.2 Å². The van der Waals surface area contributed by atoms with E-state index < -0.39 is 28.5 Å². The Labute approximate surface area is 256 Å². The van der Waals surface area contributed by atoms with Crippen LogP contribution in [0, 0.1) is 0 Å². The van der Waals surface area contributed by atoms with Crippen molar-refractivity contribution in [2.45, 2.75) is 50.2 Å². The van der Waals surface area contributed by atoms with Gasteiger partial charge in [-0.15, -0.1) is 0 Å². The molecule has 0 radical (unpaired) electrons. The lowest BCUT2D eigenvalue weighted by Gasteiger charge is -2.33. The highest BCUT2D eigenvalue weighted by atomic mass is 79.9. The molecular formula is C33H36BrN3O4S. The maximum absolute atomic E-state index is 14.0. The van der Waals surface area contributed by atoms with E-state index in [0.717, 1.165) is 37.1 Å². The van der Waals surface area contributed by atoms with Gasteiger partial charge in [-0.1, -0.05) is 95.7 Å². The largest absolute Gasteiger partial charge is 0.352 e. The Morgan fingerprint density at radius 2 is 1.50 bits per heavy atom. The number of hydrogen-bond acceptors (Lipinski definition) is 4. The van der Waals surface area contributed by atoms with Crippen LogP contribution in [0.1, 0.15) is 31.4 Å². The van der Waals surface area contributed by atoms with E-state index >= 15 is 0 Å². The highest BCUT2D eigenvalue weighted by Gasteiger charge is 2.33. The van der Waals surface area contributed by atoms with Crippen LogP contribution in [0.5, 0.6) is 0 Å². The van der Waals surface area contributed by atoms with Crippen molar-refractivity contribution in [3.8, 4) is 0 Å². The van der Waals surface area contributed by atoms with Crippen LogP contribution in [-0.4, -0.2) is 55.1 Å². The number of benzene rings is 4. The van der Waals surface area contributed by atoms with Gasteiger partial charge < -0.3 is 10.2 Å². The molecule has 220 valence electrons. The number of fused-ring (bicyclic) bond motifs is 1. The smallest absolute Gasteiger partial charge is 0.243 e. The monoisotopic (exact) mass is 649 g/mol. The predicted molar refractivity (Wildman–Crippen MR) is 170 cm³/mol. The first-order valence-electron chi connectivity index (χ1n) is 13.9. The molecular weight excluding hydrogens is 614 g/mol. The van der Waals surface area contributed by atoms with E-state index in [0.29, 0.717) is 0 Å². The number of carbonyl (C=O) groups excluding carboxylic acids is 2. The van der Waals surface area contributed by atoms with Crippen molar-refractivity contribution in [1.82, 2.24) is 14.5 Å². The number of carbonyl (C=O) groups is 2. The maximum atomic E-state index is 14.0. The maximum Gasteiger partial charge on any atom is 0.243 e. The lowest BCUT2D eigenvalue weighted by Crippen LogP contribution is -2.54. The van der Waals surface area contributed by atoms with Crippen molar-refractivity contribution >= 4 is 48.5 Å². The van der Waals surface area contributed by atoms with Crippen LogP contribution in [0.3, 0.4) is 0 Å². The van der Waals surface area contributed by atoms with E-state index in [9.17, 15) is 18.0 Å². The average Bonchev–Trinajstić information content (AvgIpc) is 2.99. The van der Waals surface area contributed by atoms with Gasteiger partial charge in [-0.25, -0.2) is 8.42 Å². The zero-order valence-corrected chi connectivity index (χ0v) is 26.4. The molecule has 0 aliphatic carbocycles. The Kier molecular flexibility index (Phi) is 10.5. The van der Waals surface area contributed by atoms with E-state index in [-0.39, 0.29) is 29.8 Å². The lowest BCUT2D eigenvalue weighted by molar-refractivity contribution is -0.141. The van der Waals surface area contributed by atoms with Crippen LogP contribution in [-0.2, 0) is 32.6 Å². The molecule has 4 aromatic rings. The SMILES string of the molecule is CC[C@H](C)NC(=O)[C@H](Cc1ccccc1)N(Cc1ccc(Br)cc1)C(=O)CN(C)S(=O)(=O)c1ccc2ccccc2c1. The van der Waals surface area contributed by atoms with Crippen molar-refractivity contribution in [2.24, 2.45) is 0 Å². The Morgan fingerprint density at radius 3 is 2.17 bits per heavy atom. The molecule has 9 heteroatoms. The van der Waals surface area contributed by atoms with Gasteiger partial charge in [-0.3, -0.25) is 9.59 Å². The second-order valence-electron chi connectivity index (χ2n) is 10.4. The summed E-state index contributed by atoms with van der Waals surface area (Å²) >= 11 is 3.45. The summed E-state index contributed by atoms with van der Waals surface area (Å²) < 4.78 is 29.1. The number of nitrogens with zero attached hydrogens (tertiary/aromatic N) is 2. The molecule has 0 bridgehead atoms. The Hall–Kier alpha value is -3.53. The Morgan fingerprint density at radius 1 is 0.857 bits per heavy atom. The molecule has 0 saturated carbocycles. The van der Waals surface area contributed by atoms with Gasteiger partial charge in [0.1, 0.15) is 6.04 Å². The second kappa shape index (κ2) is 14.1. The highest BCUT2D eigenvalue weighted by molar-refractivity contribution is 9.10. The molecule has 1 N–H and O–H groups in total. The Balaban J connectivity index is 1.67.